The number of rotatable bonds is 7. The molecule has 0 bridgehead atoms. The zero-order chi connectivity index (χ0) is 20.4. The third kappa shape index (κ3) is 3.59. The third-order valence-corrected chi connectivity index (χ3v) is 4.76. The van der Waals surface area contributed by atoms with Crippen LogP contribution in [0.2, 0.25) is 0 Å². The summed E-state index contributed by atoms with van der Waals surface area (Å²) in [6, 6.07) is 13.4. The van der Waals surface area contributed by atoms with Gasteiger partial charge in [0.15, 0.2) is 0 Å². The molecule has 0 saturated carbocycles. The Morgan fingerprint density at radius 1 is 1.00 bits per heavy atom. The second kappa shape index (κ2) is 7.79. The number of hydrogen-bond acceptors (Lipinski definition) is 5. The summed E-state index contributed by atoms with van der Waals surface area (Å²) in [6.45, 7) is 2.77. The minimum absolute atomic E-state index is 0.139. The molecule has 0 unspecified atom stereocenters. The molecule has 1 aliphatic heterocycles. The van der Waals surface area contributed by atoms with Gasteiger partial charge in [0.25, 0.3) is 11.8 Å². The Balaban J connectivity index is 1.48. The molecule has 0 saturated heterocycles. The molecule has 0 aliphatic carbocycles. The monoisotopic (exact) mass is 392 g/mol. The lowest BCUT2D eigenvalue weighted by molar-refractivity contribution is -0.0587. The van der Waals surface area contributed by atoms with Crippen LogP contribution in [0.15, 0.2) is 48.5 Å². The quantitative estimate of drug-likeness (QED) is 0.483. The molecule has 148 valence electrons. The molecular formula is C22H20N2O5. The maximum atomic E-state index is 12.5. The number of benzene rings is 2. The number of unbranched alkanes of at least 4 members (excludes halogenated alkanes) is 2. The highest BCUT2D eigenvalue weighted by atomic mass is 16.7. The number of H-pyrrole nitrogens is 1. The van der Waals surface area contributed by atoms with E-state index in [2.05, 4.69) is 11.9 Å². The summed E-state index contributed by atoms with van der Waals surface area (Å²) in [7, 11) is 0. The van der Waals surface area contributed by atoms with Gasteiger partial charge in [0, 0.05) is 17.0 Å². The van der Waals surface area contributed by atoms with Crippen molar-refractivity contribution in [1.29, 1.82) is 0 Å². The fraction of sp³-hybridized carbons (Fsp3) is 0.227. The average Bonchev–Trinajstić information content (AvgIpc) is 3.26. The van der Waals surface area contributed by atoms with Crippen LogP contribution >= 0.6 is 0 Å². The number of carbonyl (C=O) groups is 3. The fourth-order valence-corrected chi connectivity index (χ4v) is 3.23. The Morgan fingerprint density at radius 3 is 2.41 bits per heavy atom. The van der Waals surface area contributed by atoms with Crippen molar-refractivity contribution in [2.45, 2.75) is 26.2 Å². The van der Waals surface area contributed by atoms with Gasteiger partial charge in [-0.3, -0.25) is 9.59 Å². The minimum atomic E-state index is -0.818. The van der Waals surface area contributed by atoms with Gasteiger partial charge in [-0.2, -0.15) is 0 Å². The van der Waals surface area contributed by atoms with E-state index in [1.54, 1.807) is 24.3 Å². The first-order valence-electron chi connectivity index (χ1n) is 9.54. The third-order valence-electron chi connectivity index (χ3n) is 4.76. The van der Waals surface area contributed by atoms with E-state index in [4.69, 9.17) is 9.57 Å². The minimum Gasteiger partial charge on any atom is -0.494 e. The van der Waals surface area contributed by atoms with Gasteiger partial charge in [0.2, 0.25) is 0 Å². The van der Waals surface area contributed by atoms with Gasteiger partial charge in [-0.1, -0.05) is 37.0 Å². The number of imide groups is 1. The molecule has 1 N–H and O–H groups in total. The first-order chi connectivity index (χ1) is 14.1. The maximum Gasteiger partial charge on any atom is 0.380 e. The van der Waals surface area contributed by atoms with Crippen molar-refractivity contribution in [3.63, 3.8) is 0 Å². The maximum absolute atomic E-state index is 12.5. The van der Waals surface area contributed by atoms with E-state index in [1.807, 2.05) is 12.1 Å². The average molecular weight is 392 g/mol. The second-order valence-corrected chi connectivity index (χ2v) is 6.82. The summed E-state index contributed by atoms with van der Waals surface area (Å²) < 4.78 is 5.72. The van der Waals surface area contributed by atoms with Gasteiger partial charge in [0.05, 0.1) is 17.7 Å². The number of carbonyl (C=O) groups excluding carboxylic acids is 3. The smallest absolute Gasteiger partial charge is 0.380 e. The van der Waals surface area contributed by atoms with Gasteiger partial charge in [-0.25, -0.2) is 4.79 Å². The predicted octanol–water partition coefficient (Wildman–Crippen LogP) is 4.10. The second-order valence-electron chi connectivity index (χ2n) is 6.82. The molecular weight excluding hydrogens is 372 g/mol. The van der Waals surface area contributed by atoms with E-state index >= 15 is 0 Å². The summed E-state index contributed by atoms with van der Waals surface area (Å²) in [6.07, 6.45) is 3.22. The highest BCUT2D eigenvalue weighted by Crippen LogP contribution is 2.25. The number of aromatic nitrogens is 1. The number of ether oxygens (including phenoxy) is 1. The van der Waals surface area contributed by atoms with Gasteiger partial charge in [-0.15, -0.1) is 0 Å². The number of fused-ring (bicyclic) bond motifs is 2. The Hall–Kier alpha value is -3.61. The molecule has 1 aromatic heterocycles. The Morgan fingerprint density at radius 2 is 1.72 bits per heavy atom. The molecule has 4 rings (SSSR count). The normalized spacial score (nSPS) is 13.1. The van der Waals surface area contributed by atoms with Crippen LogP contribution in [0.1, 0.15) is 57.4 Å². The van der Waals surface area contributed by atoms with Crippen LogP contribution in [0.3, 0.4) is 0 Å². The van der Waals surface area contributed by atoms with Crippen LogP contribution in [0.5, 0.6) is 5.75 Å². The SMILES string of the molecule is CCCCCOc1ccc2cc(C(=O)ON3C(=O)c4ccccc4C3=O)[nH]c2c1. The van der Waals surface area contributed by atoms with Gasteiger partial charge >= 0.3 is 5.97 Å². The number of nitrogens with zero attached hydrogens (tertiary/aromatic N) is 1. The molecule has 7 nitrogen and oxygen atoms in total. The molecule has 0 fully saturated rings. The zero-order valence-corrected chi connectivity index (χ0v) is 15.9. The largest absolute Gasteiger partial charge is 0.494 e. The summed E-state index contributed by atoms with van der Waals surface area (Å²) in [5.74, 6) is -1.42. The van der Waals surface area contributed by atoms with Crippen molar-refractivity contribution in [3.8, 4) is 5.75 Å². The summed E-state index contributed by atoms with van der Waals surface area (Å²) in [5.41, 5.74) is 1.27. The number of aromatic amines is 1. The summed E-state index contributed by atoms with van der Waals surface area (Å²) in [5, 5.41) is 1.29. The lowest BCUT2D eigenvalue weighted by atomic mass is 10.1. The number of hydroxylamine groups is 2. The zero-order valence-electron chi connectivity index (χ0n) is 15.9. The number of hydrogen-bond donors (Lipinski definition) is 1. The first-order valence-corrected chi connectivity index (χ1v) is 9.54. The van der Waals surface area contributed by atoms with Crippen LogP contribution in [0, 0.1) is 0 Å². The van der Waals surface area contributed by atoms with Crippen LogP contribution in [0.4, 0.5) is 0 Å². The van der Waals surface area contributed by atoms with Crippen LogP contribution in [-0.2, 0) is 4.84 Å². The van der Waals surface area contributed by atoms with Crippen molar-refractivity contribution < 1.29 is 24.0 Å². The van der Waals surface area contributed by atoms with Crippen LogP contribution < -0.4 is 4.74 Å². The standard InChI is InChI=1S/C22H20N2O5/c1-2-3-6-11-28-15-10-9-14-12-19(23-18(14)13-15)22(27)29-24-20(25)16-7-4-5-8-17(16)21(24)26/h4-5,7-10,12-13,23H,2-3,6,11H2,1H3. The molecule has 29 heavy (non-hydrogen) atoms. The summed E-state index contributed by atoms with van der Waals surface area (Å²) >= 11 is 0. The molecule has 2 aromatic carbocycles. The van der Waals surface area contributed by atoms with Gasteiger partial charge in [0.1, 0.15) is 11.4 Å². The molecule has 2 amide bonds. The molecule has 0 radical (unpaired) electrons. The van der Waals surface area contributed by atoms with E-state index in [0.717, 1.165) is 24.6 Å². The van der Waals surface area contributed by atoms with Crippen molar-refractivity contribution >= 4 is 28.7 Å². The highest BCUT2D eigenvalue weighted by Gasteiger charge is 2.39. The van der Waals surface area contributed by atoms with E-state index in [-0.39, 0.29) is 16.8 Å². The molecule has 1 aliphatic rings. The Kier molecular flexibility index (Phi) is 5.03. The Bertz CT molecular complexity index is 1070. The van der Waals surface area contributed by atoms with Crippen molar-refractivity contribution in [1.82, 2.24) is 10.0 Å². The van der Waals surface area contributed by atoms with E-state index in [1.165, 1.54) is 12.1 Å². The molecule has 0 spiro atoms. The number of amides is 2. The predicted molar refractivity (Wildman–Crippen MR) is 106 cm³/mol. The molecule has 3 aromatic rings. The highest BCUT2D eigenvalue weighted by molar-refractivity contribution is 6.21. The van der Waals surface area contributed by atoms with Crippen LogP contribution in [-0.4, -0.2) is 34.4 Å². The topological polar surface area (TPSA) is 88.7 Å². The van der Waals surface area contributed by atoms with Gasteiger partial charge < -0.3 is 14.6 Å². The molecule has 7 heteroatoms. The molecule has 0 atom stereocenters. The summed E-state index contributed by atoms with van der Waals surface area (Å²) in [4.78, 5) is 45.2. The van der Waals surface area contributed by atoms with E-state index in [9.17, 15) is 14.4 Å². The fourth-order valence-electron chi connectivity index (χ4n) is 3.23. The van der Waals surface area contributed by atoms with Crippen LogP contribution in [0.25, 0.3) is 10.9 Å². The van der Waals surface area contributed by atoms with E-state index < -0.39 is 17.8 Å². The van der Waals surface area contributed by atoms with Crippen molar-refractivity contribution in [3.05, 3.63) is 65.4 Å². The van der Waals surface area contributed by atoms with Crippen molar-refractivity contribution in [2.75, 3.05) is 6.61 Å². The number of nitrogens with one attached hydrogen (secondary N) is 1. The lowest BCUT2D eigenvalue weighted by Crippen LogP contribution is -2.32. The molecule has 2 heterocycles. The first kappa shape index (κ1) is 18.7. The van der Waals surface area contributed by atoms with Crippen molar-refractivity contribution in [2.24, 2.45) is 0 Å². The van der Waals surface area contributed by atoms with E-state index in [0.29, 0.717) is 22.9 Å². The lowest BCUT2D eigenvalue weighted by Gasteiger charge is -2.11. The van der Waals surface area contributed by atoms with Gasteiger partial charge in [-0.05, 0) is 36.8 Å². The Labute approximate surface area is 167 Å².